The number of methoxy groups -OCH3 is 1. The van der Waals surface area contributed by atoms with Gasteiger partial charge in [0.05, 0.1) is 7.11 Å². The van der Waals surface area contributed by atoms with Crippen LogP contribution in [0, 0.1) is 0 Å². The van der Waals surface area contributed by atoms with Crippen molar-refractivity contribution in [2.24, 2.45) is 0 Å². The molecule has 0 aliphatic rings. The molecule has 0 saturated carbocycles. The summed E-state index contributed by atoms with van der Waals surface area (Å²) >= 11 is 0. The summed E-state index contributed by atoms with van der Waals surface area (Å²) in [7, 11) is 1.25. The van der Waals surface area contributed by atoms with Gasteiger partial charge in [0.1, 0.15) is 11.4 Å². The second-order valence-corrected chi connectivity index (χ2v) is 6.70. The van der Waals surface area contributed by atoms with Gasteiger partial charge in [-0.3, -0.25) is 9.59 Å². The summed E-state index contributed by atoms with van der Waals surface area (Å²) in [5.74, 6) is -2.10. The summed E-state index contributed by atoms with van der Waals surface area (Å²) in [5.41, 5.74) is -0.0477. The second kappa shape index (κ2) is 19.7. The van der Waals surface area contributed by atoms with Crippen LogP contribution in [-0.4, -0.2) is 36.0 Å². The average molecular weight is 427 g/mol. The Morgan fingerprint density at radius 3 is 1.70 bits per heavy atom. The van der Waals surface area contributed by atoms with Gasteiger partial charge >= 0.3 is 11.9 Å². The topological polar surface area (TPSA) is 122 Å². The van der Waals surface area contributed by atoms with Crippen molar-refractivity contribution in [3.05, 3.63) is 24.0 Å². The van der Waals surface area contributed by atoms with Crippen LogP contribution < -0.4 is 10.6 Å². The largest absolute Gasteiger partial charge is 0.477 e. The van der Waals surface area contributed by atoms with Crippen LogP contribution in [0.5, 0.6) is 0 Å². The lowest BCUT2D eigenvalue weighted by Gasteiger charge is -2.05. The van der Waals surface area contributed by atoms with Gasteiger partial charge in [-0.05, 0) is 19.8 Å². The normalized spacial score (nSPS) is 10.3. The van der Waals surface area contributed by atoms with Crippen molar-refractivity contribution < 1.29 is 29.0 Å². The van der Waals surface area contributed by atoms with Crippen LogP contribution in [0.3, 0.4) is 0 Å². The smallest absolute Gasteiger partial charge is 0.353 e. The number of nitrogens with one attached hydrogen (secondary N) is 2. The third-order valence-electron chi connectivity index (χ3n) is 4.03. The number of carboxylic acid groups (broad SMARTS) is 1. The van der Waals surface area contributed by atoms with Crippen LogP contribution in [0.25, 0.3) is 0 Å². The van der Waals surface area contributed by atoms with Gasteiger partial charge in [0, 0.05) is 12.8 Å². The Balaban J connectivity index is 0. The number of aliphatic carboxylic acids is 1. The highest BCUT2D eigenvalue weighted by Crippen LogP contribution is 2.03. The van der Waals surface area contributed by atoms with E-state index in [1.807, 2.05) is 0 Å². The fourth-order valence-electron chi connectivity index (χ4n) is 2.29. The van der Waals surface area contributed by atoms with Crippen molar-refractivity contribution in [3.63, 3.8) is 0 Å². The van der Waals surface area contributed by atoms with Crippen LogP contribution in [-0.2, 0) is 23.9 Å². The Morgan fingerprint density at radius 1 is 0.867 bits per heavy atom. The number of carbonyl (C=O) groups is 4. The molecule has 3 N–H and O–H groups in total. The van der Waals surface area contributed by atoms with E-state index in [9.17, 15) is 19.2 Å². The Labute approximate surface area is 180 Å². The molecule has 0 spiro atoms. The number of allylic oxidation sites excluding steroid dienone is 1. The van der Waals surface area contributed by atoms with Gasteiger partial charge in [-0.2, -0.15) is 0 Å². The zero-order valence-corrected chi connectivity index (χ0v) is 18.8. The van der Waals surface area contributed by atoms with E-state index in [0.29, 0.717) is 12.8 Å². The van der Waals surface area contributed by atoms with Gasteiger partial charge in [-0.15, -0.1) is 0 Å². The minimum atomic E-state index is -1.10. The van der Waals surface area contributed by atoms with Gasteiger partial charge in [-0.1, -0.05) is 65.0 Å². The zero-order valence-electron chi connectivity index (χ0n) is 18.8. The first-order valence-corrected chi connectivity index (χ1v) is 10.5. The molecule has 0 aromatic carbocycles. The first-order valence-electron chi connectivity index (χ1n) is 10.5. The highest BCUT2D eigenvalue weighted by Gasteiger charge is 2.10. The fourth-order valence-corrected chi connectivity index (χ4v) is 2.29. The molecule has 0 atom stereocenters. The first-order chi connectivity index (χ1) is 14.2. The highest BCUT2D eigenvalue weighted by molar-refractivity contribution is 5.93. The number of unbranched alkanes of at least 4 members (excludes halogenated alkanes) is 6. The van der Waals surface area contributed by atoms with Gasteiger partial charge in [0.15, 0.2) is 0 Å². The molecule has 0 radical (unpaired) electrons. The molecule has 8 heteroatoms. The molecule has 0 aromatic heterocycles. The van der Waals surface area contributed by atoms with Crippen molar-refractivity contribution in [2.45, 2.75) is 85.0 Å². The third-order valence-corrected chi connectivity index (χ3v) is 4.03. The molecule has 0 aliphatic carbocycles. The number of ether oxygens (including phenoxy) is 1. The van der Waals surface area contributed by atoms with Crippen molar-refractivity contribution >= 4 is 23.8 Å². The van der Waals surface area contributed by atoms with E-state index in [1.165, 1.54) is 13.2 Å². The molecule has 8 nitrogen and oxygen atoms in total. The summed E-state index contributed by atoms with van der Waals surface area (Å²) in [6, 6.07) is 0. The van der Waals surface area contributed by atoms with Crippen LogP contribution in [0.4, 0.5) is 0 Å². The lowest BCUT2D eigenvalue weighted by Crippen LogP contribution is -2.27. The summed E-state index contributed by atoms with van der Waals surface area (Å²) in [6.07, 6.45) is 10.4. The molecular formula is C22H38N2O6. The quantitative estimate of drug-likeness (QED) is 0.220. The van der Waals surface area contributed by atoms with Crippen molar-refractivity contribution in [1.29, 1.82) is 0 Å². The molecular weight excluding hydrogens is 388 g/mol. The Hall–Kier alpha value is -2.64. The Kier molecular flexibility index (Phi) is 19.4. The highest BCUT2D eigenvalue weighted by atomic mass is 16.5. The maximum absolute atomic E-state index is 11.3. The molecule has 0 aliphatic heterocycles. The molecule has 0 saturated heterocycles. The third kappa shape index (κ3) is 17.5. The van der Waals surface area contributed by atoms with E-state index < -0.39 is 11.9 Å². The number of rotatable bonds is 14. The number of esters is 1. The minimum absolute atomic E-state index is 0.00186. The van der Waals surface area contributed by atoms with Crippen LogP contribution in [0.2, 0.25) is 0 Å². The lowest BCUT2D eigenvalue weighted by atomic mass is 10.1. The molecule has 0 bridgehead atoms. The summed E-state index contributed by atoms with van der Waals surface area (Å²) in [4.78, 5) is 44.0. The van der Waals surface area contributed by atoms with E-state index in [0.717, 1.165) is 51.4 Å². The summed E-state index contributed by atoms with van der Waals surface area (Å²) in [5, 5.41) is 13.4. The Morgan fingerprint density at radius 2 is 1.33 bits per heavy atom. The molecule has 0 heterocycles. The fraction of sp³-hybridized carbons (Fsp3) is 0.636. The minimum Gasteiger partial charge on any atom is -0.477 e. The van der Waals surface area contributed by atoms with Crippen LogP contribution in [0.15, 0.2) is 24.0 Å². The predicted octanol–water partition coefficient (Wildman–Crippen LogP) is 3.82. The van der Waals surface area contributed by atoms with Gasteiger partial charge in [0.2, 0.25) is 11.8 Å². The van der Waals surface area contributed by atoms with Crippen molar-refractivity contribution in [3.8, 4) is 0 Å². The first kappa shape index (κ1) is 29.6. The molecule has 30 heavy (non-hydrogen) atoms. The van der Waals surface area contributed by atoms with Crippen molar-refractivity contribution in [2.75, 3.05) is 7.11 Å². The van der Waals surface area contributed by atoms with Gasteiger partial charge in [0.25, 0.3) is 0 Å². The monoisotopic (exact) mass is 426 g/mol. The predicted molar refractivity (Wildman–Crippen MR) is 116 cm³/mol. The van der Waals surface area contributed by atoms with E-state index in [4.69, 9.17) is 5.11 Å². The molecule has 0 unspecified atom stereocenters. The van der Waals surface area contributed by atoms with Gasteiger partial charge < -0.3 is 20.5 Å². The SMILES string of the molecule is C=C(NC(=O)CCCCCC)C(=O)OC.CC=C(NC(=O)CCCCCC)C(=O)O. The second-order valence-electron chi connectivity index (χ2n) is 6.70. The zero-order chi connectivity index (χ0) is 23.4. The summed E-state index contributed by atoms with van der Waals surface area (Å²) in [6.45, 7) is 9.20. The van der Waals surface area contributed by atoms with E-state index >= 15 is 0 Å². The maximum Gasteiger partial charge on any atom is 0.353 e. The number of hydrogen-bond acceptors (Lipinski definition) is 5. The molecule has 0 aromatic rings. The number of carbonyl (C=O) groups excluding carboxylic acids is 3. The molecule has 2 amide bonds. The lowest BCUT2D eigenvalue weighted by molar-refractivity contribution is -0.137. The molecule has 0 fully saturated rings. The molecule has 172 valence electrons. The maximum atomic E-state index is 11.3. The van der Waals surface area contributed by atoms with Crippen LogP contribution in [0.1, 0.15) is 85.0 Å². The van der Waals surface area contributed by atoms with Gasteiger partial charge in [-0.25, -0.2) is 9.59 Å². The van der Waals surface area contributed by atoms with Crippen molar-refractivity contribution in [1.82, 2.24) is 10.6 Å². The van der Waals surface area contributed by atoms with E-state index in [-0.39, 0.29) is 23.2 Å². The van der Waals surface area contributed by atoms with E-state index in [2.05, 4.69) is 35.8 Å². The standard InChI is InChI=1S/2C11H19NO3/c1-4-5-6-7-8-10(13)12-9(2)11(14)15-3;1-3-5-6-7-8-10(13)12-9(4-2)11(14)15/h2,4-8H2,1,3H3,(H,12,13);4H,3,5-8H2,1-2H3,(H,12,13)(H,14,15). The Bertz CT molecular complexity index is 584. The number of amides is 2. The number of carboxylic acids is 1. The molecule has 0 rings (SSSR count). The van der Waals surface area contributed by atoms with Crippen LogP contribution >= 0.6 is 0 Å². The summed E-state index contributed by atoms with van der Waals surface area (Å²) < 4.78 is 4.40. The number of hydrogen-bond donors (Lipinski definition) is 3. The van der Waals surface area contributed by atoms with E-state index in [1.54, 1.807) is 6.92 Å². The average Bonchev–Trinajstić information content (AvgIpc) is 2.72.